The first-order chi connectivity index (χ1) is 9.54. The van der Waals surface area contributed by atoms with Crippen molar-refractivity contribution in [3.8, 4) is 0 Å². The minimum absolute atomic E-state index is 0.315. The summed E-state index contributed by atoms with van der Waals surface area (Å²) in [5.74, 6) is 0.444. The summed E-state index contributed by atoms with van der Waals surface area (Å²) < 4.78 is 28.1. The molecule has 0 radical (unpaired) electrons. The van der Waals surface area contributed by atoms with Crippen LogP contribution in [-0.4, -0.2) is 48.7 Å². The molecule has 1 fully saturated rings. The Morgan fingerprint density at radius 1 is 1.50 bits per heavy atom. The summed E-state index contributed by atoms with van der Waals surface area (Å²) in [5.41, 5.74) is 0. The number of rotatable bonds is 7. The molecule has 0 amide bonds. The number of aryl methyl sites for hydroxylation is 1. The molecule has 1 N–H and O–H groups in total. The molecule has 1 saturated heterocycles. The molecular weight excluding hydrogens is 276 g/mol. The maximum absolute atomic E-state index is 12.4. The molecule has 2 heterocycles. The van der Waals surface area contributed by atoms with Crippen LogP contribution in [0.25, 0.3) is 0 Å². The predicted octanol–water partition coefficient (Wildman–Crippen LogP) is 0.913. The molecule has 0 spiro atoms. The molecule has 114 valence electrons. The largest absolute Gasteiger partial charge is 0.317 e. The van der Waals surface area contributed by atoms with Gasteiger partial charge in [0.25, 0.3) is 0 Å². The normalized spacial score (nSPS) is 20.6. The number of hydrogen-bond donors (Lipinski definition) is 1. The van der Waals surface area contributed by atoms with Gasteiger partial charge in [0.2, 0.25) is 10.0 Å². The summed E-state index contributed by atoms with van der Waals surface area (Å²) in [6.45, 7) is 7.99. The number of sulfonamides is 1. The van der Waals surface area contributed by atoms with Gasteiger partial charge in [-0.3, -0.25) is 4.68 Å². The van der Waals surface area contributed by atoms with Gasteiger partial charge in [0.1, 0.15) is 4.90 Å². The lowest BCUT2D eigenvalue weighted by molar-refractivity contribution is 0.464. The Bertz CT molecular complexity index is 526. The van der Waals surface area contributed by atoms with Gasteiger partial charge >= 0.3 is 0 Å². The van der Waals surface area contributed by atoms with E-state index in [9.17, 15) is 8.42 Å². The van der Waals surface area contributed by atoms with Crippen LogP contribution in [0.5, 0.6) is 0 Å². The quantitative estimate of drug-likeness (QED) is 0.760. The van der Waals surface area contributed by atoms with Gasteiger partial charge in [-0.2, -0.15) is 9.40 Å². The third-order valence-electron chi connectivity index (χ3n) is 3.62. The molecule has 1 unspecified atom stereocenters. The fourth-order valence-corrected chi connectivity index (χ4v) is 3.93. The van der Waals surface area contributed by atoms with Crippen LogP contribution in [0.1, 0.15) is 26.7 Å². The number of nitrogens with zero attached hydrogens (tertiary/aromatic N) is 3. The van der Waals surface area contributed by atoms with E-state index in [1.807, 2.05) is 0 Å². The van der Waals surface area contributed by atoms with Crippen LogP contribution < -0.4 is 5.32 Å². The molecule has 1 aliphatic rings. The lowest BCUT2D eigenvalue weighted by atomic mass is 10.2. The van der Waals surface area contributed by atoms with Gasteiger partial charge in [-0.25, -0.2) is 8.42 Å². The fourth-order valence-electron chi connectivity index (χ4n) is 2.40. The van der Waals surface area contributed by atoms with E-state index in [1.54, 1.807) is 15.2 Å². The molecule has 1 aromatic rings. The van der Waals surface area contributed by atoms with Gasteiger partial charge < -0.3 is 5.32 Å². The summed E-state index contributed by atoms with van der Waals surface area (Å²) in [6, 6.07) is 0. The van der Waals surface area contributed by atoms with Crippen molar-refractivity contribution in [2.45, 2.75) is 38.1 Å². The zero-order chi connectivity index (χ0) is 14.6. The highest BCUT2D eigenvalue weighted by atomic mass is 32.2. The highest BCUT2D eigenvalue weighted by molar-refractivity contribution is 7.89. The lowest BCUT2D eigenvalue weighted by Gasteiger charge is -2.14. The van der Waals surface area contributed by atoms with Crippen molar-refractivity contribution >= 4 is 10.0 Å². The molecule has 0 bridgehead atoms. The third kappa shape index (κ3) is 3.59. The average molecular weight is 300 g/mol. The molecule has 6 nitrogen and oxygen atoms in total. The number of hydrogen-bond acceptors (Lipinski definition) is 4. The van der Waals surface area contributed by atoms with E-state index in [1.165, 1.54) is 6.20 Å². The van der Waals surface area contributed by atoms with Crippen molar-refractivity contribution < 1.29 is 8.42 Å². The summed E-state index contributed by atoms with van der Waals surface area (Å²) >= 11 is 0. The standard InChI is InChI=1S/C13H24N4O2S/c1-3-14-6-4-7-16-11-13(9-15-16)20(18,19)17-8-5-12(2)10-17/h9,11-12,14H,3-8,10H2,1-2H3. The van der Waals surface area contributed by atoms with Gasteiger partial charge in [-0.05, 0) is 31.8 Å². The first kappa shape index (κ1) is 15.5. The maximum Gasteiger partial charge on any atom is 0.246 e. The molecule has 0 aliphatic carbocycles. The van der Waals surface area contributed by atoms with Gasteiger partial charge in [0.15, 0.2) is 0 Å². The Kier molecular flexibility index (Phi) is 5.17. The third-order valence-corrected chi connectivity index (χ3v) is 5.44. The molecule has 1 aliphatic heterocycles. The van der Waals surface area contributed by atoms with Gasteiger partial charge in [-0.1, -0.05) is 13.8 Å². The van der Waals surface area contributed by atoms with Crippen LogP contribution >= 0.6 is 0 Å². The zero-order valence-electron chi connectivity index (χ0n) is 12.2. The smallest absolute Gasteiger partial charge is 0.246 e. The zero-order valence-corrected chi connectivity index (χ0v) is 13.1. The van der Waals surface area contributed by atoms with E-state index in [0.29, 0.717) is 23.9 Å². The van der Waals surface area contributed by atoms with E-state index in [2.05, 4.69) is 24.3 Å². The molecule has 1 atom stereocenters. The molecule has 2 rings (SSSR count). The fraction of sp³-hybridized carbons (Fsp3) is 0.769. The van der Waals surface area contributed by atoms with Crippen LogP contribution in [0.3, 0.4) is 0 Å². The van der Waals surface area contributed by atoms with Crippen LogP contribution in [-0.2, 0) is 16.6 Å². The molecule has 7 heteroatoms. The molecule has 20 heavy (non-hydrogen) atoms. The molecule has 0 aromatic carbocycles. The van der Waals surface area contributed by atoms with E-state index in [-0.39, 0.29) is 0 Å². The molecular formula is C13H24N4O2S. The van der Waals surface area contributed by atoms with Crippen molar-refractivity contribution in [3.05, 3.63) is 12.4 Å². The number of aromatic nitrogens is 2. The second-order valence-corrected chi connectivity index (χ2v) is 7.34. The van der Waals surface area contributed by atoms with E-state index >= 15 is 0 Å². The minimum atomic E-state index is -3.35. The first-order valence-corrected chi connectivity index (χ1v) is 8.71. The van der Waals surface area contributed by atoms with E-state index < -0.39 is 10.0 Å². The van der Waals surface area contributed by atoms with Crippen LogP contribution in [0, 0.1) is 5.92 Å². The second kappa shape index (κ2) is 6.69. The van der Waals surface area contributed by atoms with Gasteiger partial charge in [0.05, 0.1) is 6.20 Å². The van der Waals surface area contributed by atoms with Crippen molar-refractivity contribution in [1.82, 2.24) is 19.4 Å². The average Bonchev–Trinajstić information content (AvgIpc) is 3.04. The van der Waals surface area contributed by atoms with E-state index in [4.69, 9.17) is 0 Å². The SMILES string of the molecule is CCNCCCn1cc(S(=O)(=O)N2CCC(C)C2)cn1. The second-order valence-electron chi connectivity index (χ2n) is 5.40. The van der Waals surface area contributed by atoms with Crippen LogP contribution in [0.4, 0.5) is 0 Å². The van der Waals surface area contributed by atoms with Crippen LogP contribution in [0.15, 0.2) is 17.3 Å². The predicted molar refractivity (Wildman–Crippen MR) is 77.9 cm³/mol. The van der Waals surface area contributed by atoms with Crippen LogP contribution in [0.2, 0.25) is 0 Å². The number of nitrogens with one attached hydrogen (secondary N) is 1. The Hall–Kier alpha value is -0.920. The maximum atomic E-state index is 12.4. The Morgan fingerprint density at radius 2 is 2.30 bits per heavy atom. The minimum Gasteiger partial charge on any atom is -0.317 e. The van der Waals surface area contributed by atoms with Gasteiger partial charge in [-0.15, -0.1) is 0 Å². The lowest BCUT2D eigenvalue weighted by Crippen LogP contribution is -2.28. The molecule has 0 saturated carbocycles. The topological polar surface area (TPSA) is 67.2 Å². The van der Waals surface area contributed by atoms with Crippen molar-refractivity contribution in [3.63, 3.8) is 0 Å². The summed E-state index contributed by atoms with van der Waals surface area (Å²) in [6.07, 6.45) is 4.99. The van der Waals surface area contributed by atoms with Crippen molar-refractivity contribution in [1.29, 1.82) is 0 Å². The Morgan fingerprint density at radius 3 is 2.95 bits per heavy atom. The van der Waals surface area contributed by atoms with Gasteiger partial charge in [0, 0.05) is 25.8 Å². The summed E-state index contributed by atoms with van der Waals surface area (Å²) in [4.78, 5) is 0.315. The van der Waals surface area contributed by atoms with Crippen molar-refractivity contribution in [2.24, 2.45) is 5.92 Å². The summed E-state index contributed by atoms with van der Waals surface area (Å²) in [7, 11) is -3.35. The van der Waals surface area contributed by atoms with Crippen molar-refractivity contribution in [2.75, 3.05) is 26.2 Å². The summed E-state index contributed by atoms with van der Waals surface area (Å²) in [5, 5.41) is 7.39. The first-order valence-electron chi connectivity index (χ1n) is 7.27. The highest BCUT2D eigenvalue weighted by Gasteiger charge is 2.31. The highest BCUT2D eigenvalue weighted by Crippen LogP contribution is 2.23. The Labute approximate surface area is 121 Å². The Balaban J connectivity index is 1.97. The van der Waals surface area contributed by atoms with E-state index in [0.717, 1.165) is 32.5 Å². The molecule has 1 aromatic heterocycles. The monoisotopic (exact) mass is 300 g/mol.